The largest absolute Gasteiger partial charge is 0.381 e. The molecule has 0 aliphatic carbocycles. The summed E-state index contributed by atoms with van der Waals surface area (Å²) in [6.07, 6.45) is 1.52. The van der Waals surface area contributed by atoms with Crippen molar-refractivity contribution in [1.82, 2.24) is 10.2 Å². The van der Waals surface area contributed by atoms with Crippen LogP contribution in [-0.2, 0) is 14.2 Å². The van der Waals surface area contributed by atoms with Gasteiger partial charge in [0.2, 0.25) is 0 Å². The van der Waals surface area contributed by atoms with Crippen molar-refractivity contribution in [3.8, 4) is 0 Å². The molecule has 0 saturated carbocycles. The van der Waals surface area contributed by atoms with Crippen molar-refractivity contribution in [2.45, 2.75) is 38.5 Å². The lowest BCUT2D eigenvalue weighted by Gasteiger charge is -2.33. The number of likely N-dealkylation sites (tertiary alicyclic amines) is 1. The van der Waals surface area contributed by atoms with Crippen molar-refractivity contribution in [2.24, 2.45) is 5.41 Å². The molecule has 2 saturated heterocycles. The van der Waals surface area contributed by atoms with E-state index in [4.69, 9.17) is 14.2 Å². The number of rotatable bonds is 7. The molecule has 20 heavy (non-hydrogen) atoms. The van der Waals surface area contributed by atoms with Crippen molar-refractivity contribution in [1.29, 1.82) is 0 Å². The van der Waals surface area contributed by atoms with E-state index >= 15 is 0 Å². The average molecular weight is 286 g/mol. The van der Waals surface area contributed by atoms with E-state index in [9.17, 15) is 0 Å². The van der Waals surface area contributed by atoms with Crippen LogP contribution in [0.5, 0.6) is 0 Å². The summed E-state index contributed by atoms with van der Waals surface area (Å²) in [6.45, 7) is 10.1. The van der Waals surface area contributed by atoms with E-state index in [2.05, 4.69) is 24.1 Å². The zero-order chi connectivity index (χ0) is 14.6. The van der Waals surface area contributed by atoms with Gasteiger partial charge in [-0.25, -0.2) is 0 Å². The Hall–Kier alpha value is -0.200. The van der Waals surface area contributed by atoms with Crippen LogP contribution >= 0.6 is 0 Å². The van der Waals surface area contributed by atoms with Crippen molar-refractivity contribution in [2.75, 3.05) is 53.6 Å². The minimum Gasteiger partial charge on any atom is -0.381 e. The van der Waals surface area contributed by atoms with Crippen LogP contribution < -0.4 is 5.32 Å². The van der Waals surface area contributed by atoms with Crippen LogP contribution in [0.25, 0.3) is 0 Å². The van der Waals surface area contributed by atoms with E-state index in [1.165, 1.54) is 0 Å². The lowest BCUT2D eigenvalue weighted by Crippen LogP contribution is -2.46. The highest BCUT2D eigenvalue weighted by molar-refractivity contribution is 4.94. The van der Waals surface area contributed by atoms with Crippen molar-refractivity contribution < 1.29 is 14.2 Å². The Morgan fingerprint density at radius 2 is 1.90 bits per heavy atom. The standard InChI is InChI=1S/C15H30N2O3/c1-12(2)16-9-15(5-6-20-11-15)10-17-7-13(18-3)14(8-17)19-4/h12-14,16H,5-11H2,1-4H3. The summed E-state index contributed by atoms with van der Waals surface area (Å²) in [7, 11) is 3.55. The Kier molecular flexibility index (Phi) is 5.81. The maximum Gasteiger partial charge on any atom is 0.0971 e. The normalized spacial score (nSPS) is 35.2. The summed E-state index contributed by atoms with van der Waals surface area (Å²) in [5.74, 6) is 0. The Bertz CT molecular complexity index is 281. The molecule has 2 rings (SSSR count). The molecule has 2 aliphatic heterocycles. The van der Waals surface area contributed by atoms with Crippen molar-refractivity contribution >= 4 is 0 Å². The van der Waals surface area contributed by atoms with E-state index in [0.29, 0.717) is 6.04 Å². The van der Waals surface area contributed by atoms with Gasteiger partial charge in [-0.05, 0) is 6.42 Å². The van der Waals surface area contributed by atoms with Crippen LogP contribution in [0.1, 0.15) is 20.3 Å². The van der Waals surface area contributed by atoms with Gasteiger partial charge in [-0.3, -0.25) is 4.90 Å². The van der Waals surface area contributed by atoms with Crippen LogP contribution in [0.2, 0.25) is 0 Å². The maximum atomic E-state index is 5.68. The molecule has 0 spiro atoms. The van der Waals surface area contributed by atoms with E-state index in [-0.39, 0.29) is 17.6 Å². The third-order valence-corrected chi connectivity index (χ3v) is 4.53. The number of methoxy groups -OCH3 is 2. The Labute approximate surface area is 122 Å². The molecule has 118 valence electrons. The predicted octanol–water partition coefficient (Wildman–Crippen LogP) is 0.737. The van der Waals surface area contributed by atoms with Crippen molar-refractivity contribution in [3.05, 3.63) is 0 Å². The second-order valence-corrected chi connectivity index (χ2v) is 6.58. The molecule has 0 amide bonds. The summed E-state index contributed by atoms with van der Waals surface area (Å²) in [5, 5.41) is 3.58. The van der Waals surface area contributed by atoms with Gasteiger partial charge in [0.05, 0.1) is 18.8 Å². The molecule has 0 aromatic heterocycles. The number of nitrogens with one attached hydrogen (secondary N) is 1. The van der Waals surface area contributed by atoms with Gasteiger partial charge in [-0.1, -0.05) is 13.8 Å². The fourth-order valence-corrected chi connectivity index (χ4v) is 3.26. The topological polar surface area (TPSA) is 43.0 Å². The molecule has 3 atom stereocenters. The second-order valence-electron chi connectivity index (χ2n) is 6.58. The third kappa shape index (κ3) is 3.92. The van der Waals surface area contributed by atoms with E-state index < -0.39 is 0 Å². The molecule has 2 aliphatic rings. The Balaban J connectivity index is 1.92. The van der Waals surface area contributed by atoms with Gasteiger partial charge in [0.25, 0.3) is 0 Å². The maximum absolute atomic E-state index is 5.68. The number of ether oxygens (including phenoxy) is 3. The molecule has 5 heteroatoms. The highest BCUT2D eigenvalue weighted by atomic mass is 16.5. The zero-order valence-corrected chi connectivity index (χ0v) is 13.4. The molecule has 0 aromatic carbocycles. The van der Waals surface area contributed by atoms with Gasteiger partial charge in [0, 0.05) is 58.5 Å². The van der Waals surface area contributed by atoms with E-state index in [1.807, 2.05) is 0 Å². The summed E-state index contributed by atoms with van der Waals surface area (Å²) in [6, 6.07) is 0.518. The average Bonchev–Trinajstić information content (AvgIpc) is 3.04. The number of nitrogens with zero attached hydrogens (tertiary/aromatic N) is 1. The van der Waals surface area contributed by atoms with E-state index in [0.717, 1.165) is 45.8 Å². The molecule has 3 unspecified atom stereocenters. The van der Waals surface area contributed by atoms with Crippen LogP contribution in [-0.4, -0.2) is 76.8 Å². The highest BCUT2D eigenvalue weighted by Gasteiger charge is 2.41. The number of hydrogen-bond acceptors (Lipinski definition) is 5. The lowest BCUT2D eigenvalue weighted by atomic mass is 9.86. The molecule has 5 nitrogen and oxygen atoms in total. The van der Waals surface area contributed by atoms with Gasteiger partial charge in [0.15, 0.2) is 0 Å². The summed E-state index contributed by atoms with van der Waals surface area (Å²) in [5.41, 5.74) is 0.241. The minimum atomic E-state index is 0.192. The summed E-state index contributed by atoms with van der Waals surface area (Å²) >= 11 is 0. The SMILES string of the molecule is COC1CN(CC2(CNC(C)C)CCOC2)CC1OC. The Morgan fingerprint density at radius 3 is 2.35 bits per heavy atom. The minimum absolute atomic E-state index is 0.192. The third-order valence-electron chi connectivity index (χ3n) is 4.53. The smallest absolute Gasteiger partial charge is 0.0971 e. The fourth-order valence-electron chi connectivity index (χ4n) is 3.26. The van der Waals surface area contributed by atoms with Gasteiger partial charge in [-0.15, -0.1) is 0 Å². The molecule has 0 radical (unpaired) electrons. The van der Waals surface area contributed by atoms with Crippen LogP contribution in [0.15, 0.2) is 0 Å². The van der Waals surface area contributed by atoms with Crippen LogP contribution in [0, 0.1) is 5.41 Å². The van der Waals surface area contributed by atoms with E-state index in [1.54, 1.807) is 14.2 Å². The van der Waals surface area contributed by atoms with Crippen LogP contribution in [0.3, 0.4) is 0 Å². The highest BCUT2D eigenvalue weighted by Crippen LogP contribution is 2.31. The molecule has 1 N–H and O–H groups in total. The first-order chi connectivity index (χ1) is 9.58. The first kappa shape index (κ1) is 16.2. The van der Waals surface area contributed by atoms with Gasteiger partial charge >= 0.3 is 0 Å². The quantitative estimate of drug-likeness (QED) is 0.748. The lowest BCUT2D eigenvalue weighted by molar-refractivity contribution is -0.00461. The first-order valence-corrected chi connectivity index (χ1v) is 7.67. The molecule has 0 aromatic rings. The Morgan fingerprint density at radius 1 is 1.25 bits per heavy atom. The monoisotopic (exact) mass is 286 g/mol. The number of hydrogen-bond donors (Lipinski definition) is 1. The summed E-state index contributed by atoms with van der Waals surface area (Å²) in [4.78, 5) is 2.47. The summed E-state index contributed by atoms with van der Waals surface area (Å²) < 4.78 is 16.7. The van der Waals surface area contributed by atoms with Gasteiger partial charge in [0.1, 0.15) is 0 Å². The first-order valence-electron chi connectivity index (χ1n) is 7.67. The van der Waals surface area contributed by atoms with Gasteiger partial charge < -0.3 is 19.5 Å². The zero-order valence-electron chi connectivity index (χ0n) is 13.4. The molecular weight excluding hydrogens is 256 g/mol. The van der Waals surface area contributed by atoms with Crippen LogP contribution in [0.4, 0.5) is 0 Å². The molecule has 2 heterocycles. The fraction of sp³-hybridized carbons (Fsp3) is 1.00. The molecular formula is C15H30N2O3. The predicted molar refractivity (Wildman–Crippen MR) is 79.0 cm³/mol. The van der Waals surface area contributed by atoms with Crippen molar-refractivity contribution in [3.63, 3.8) is 0 Å². The molecule has 0 bridgehead atoms. The molecule has 2 fully saturated rings. The van der Waals surface area contributed by atoms with Gasteiger partial charge in [-0.2, -0.15) is 0 Å². The second kappa shape index (κ2) is 7.18.